The van der Waals surface area contributed by atoms with Gasteiger partial charge in [-0.05, 0) is 75.2 Å². The van der Waals surface area contributed by atoms with Crippen molar-refractivity contribution < 1.29 is 4.79 Å². The minimum Gasteiger partial charge on any atom is -0.345 e. The Kier molecular flexibility index (Phi) is 4.53. The van der Waals surface area contributed by atoms with Crippen molar-refractivity contribution in [2.75, 3.05) is 13.6 Å². The molecule has 4 saturated carbocycles. The Balaban J connectivity index is 1.16. The number of benzene rings is 1. The second-order valence-corrected chi connectivity index (χ2v) is 9.67. The number of carbonyl (C=O) groups is 1. The first-order chi connectivity index (χ1) is 13.6. The average Bonchev–Trinajstić information content (AvgIpc) is 3.16. The molecule has 0 atom stereocenters. The molecule has 1 aromatic heterocycles. The first-order valence-electron chi connectivity index (χ1n) is 11.0. The van der Waals surface area contributed by atoms with E-state index in [-0.39, 0.29) is 5.41 Å². The summed E-state index contributed by atoms with van der Waals surface area (Å²) in [6, 6.07) is 12.4. The van der Waals surface area contributed by atoms with E-state index in [0.29, 0.717) is 5.91 Å². The van der Waals surface area contributed by atoms with Crippen LogP contribution in [0.4, 0.5) is 0 Å². The summed E-state index contributed by atoms with van der Waals surface area (Å²) in [5, 5.41) is 7.60. The molecular formula is C24H31N3O. The highest BCUT2D eigenvalue weighted by atomic mass is 16.2. The van der Waals surface area contributed by atoms with E-state index in [4.69, 9.17) is 0 Å². The van der Waals surface area contributed by atoms with Crippen molar-refractivity contribution in [3.8, 4) is 11.3 Å². The standard InChI is InChI=1S/C24H31N3O/c1-27(23(28)24-14-17-10-18(15-24)12-19(11-17)16-24)9-5-8-21-13-22(26-25-21)20-6-3-2-4-7-20/h2-4,6-7,13,17-19H,5,8-12,14-16H2,1H3,(H,25,26). The molecule has 4 aliphatic rings. The number of aryl methyl sites for hydroxylation is 1. The molecule has 1 amide bonds. The minimum absolute atomic E-state index is 0.0159. The largest absolute Gasteiger partial charge is 0.345 e. The summed E-state index contributed by atoms with van der Waals surface area (Å²) in [7, 11) is 2.02. The average molecular weight is 378 g/mol. The third-order valence-corrected chi connectivity index (χ3v) is 7.48. The van der Waals surface area contributed by atoms with Gasteiger partial charge in [0.25, 0.3) is 0 Å². The number of nitrogens with zero attached hydrogens (tertiary/aromatic N) is 2. The third-order valence-electron chi connectivity index (χ3n) is 7.48. The molecule has 4 aliphatic carbocycles. The smallest absolute Gasteiger partial charge is 0.228 e. The fourth-order valence-electron chi connectivity index (χ4n) is 6.63. The van der Waals surface area contributed by atoms with E-state index in [1.807, 2.05) is 30.1 Å². The van der Waals surface area contributed by atoms with Gasteiger partial charge < -0.3 is 4.90 Å². The molecule has 0 aliphatic heterocycles. The Labute approximate surface area is 167 Å². The molecule has 0 unspecified atom stereocenters. The van der Waals surface area contributed by atoms with Gasteiger partial charge in [-0.1, -0.05) is 30.3 Å². The number of hydrogen-bond donors (Lipinski definition) is 1. The first kappa shape index (κ1) is 18.0. The van der Waals surface area contributed by atoms with Crippen LogP contribution in [0.2, 0.25) is 0 Å². The lowest BCUT2D eigenvalue weighted by Crippen LogP contribution is -2.54. The van der Waals surface area contributed by atoms with Gasteiger partial charge in [-0.25, -0.2) is 0 Å². The van der Waals surface area contributed by atoms with E-state index in [2.05, 4.69) is 28.4 Å². The summed E-state index contributed by atoms with van der Waals surface area (Å²) in [5.41, 5.74) is 3.26. The van der Waals surface area contributed by atoms with Crippen molar-refractivity contribution in [3.05, 3.63) is 42.1 Å². The Morgan fingerprint density at radius 3 is 2.39 bits per heavy atom. The second-order valence-electron chi connectivity index (χ2n) is 9.67. The van der Waals surface area contributed by atoms with Crippen molar-refractivity contribution in [3.63, 3.8) is 0 Å². The summed E-state index contributed by atoms with van der Waals surface area (Å²) in [6.07, 6.45) is 9.54. The zero-order valence-electron chi connectivity index (χ0n) is 16.9. The van der Waals surface area contributed by atoms with E-state index in [0.717, 1.165) is 73.4 Å². The van der Waals surface area contributed by atoms with Gasteiger partial charge in [0.2, 0.25) is 5.91 Å². The maximum atomic E-state index is 13.3. The Hall–Kier alpha value is -2.10. The SMILES string of the molecule is CN(CCCc1cc(-c2ccccc2)n[nH]1)C(=O)C12CC3CC(CC(C3)C1)C2. The van der Waals surface area contributed by atoms with Crippen molar-refractivity contribution in [1.29, 1.82) is 0 Å². The van der Waals surface area contributed by atoms with Crippen LogP contribution in [-0.4, -0.2) is 34.6 Å². The van der Waals surface area contributed by atoms with Gasteiger partial charge >= 0.3 is 0 Å². The summed E-state index contributed by atoms with van der Waals surface area (Å²) < 4.78 is 0. The van der Waals surface area contributed by atoms with Crippen LogP contribution in [0.3, 0.4) is 0 Å². The van der Waals surface area contributed by atoms with Crippen LogP contribution in [0.1, 0.15) is 50.6 Å². The van der Waals surface area contributed by atoms with E-state index >= 15 is 0 Å². The van der Waals surface area contributed by atoms with E-state index in [9.17, 15) is 4.79 Å². The lowest BCUT2D eigenvalue weighted by molar-refractivity contribution is -0.156. The number of H-pyrrole nitrogens is 1. The van der Waals surface area contributed by atoms with Crippen LogP contribution in [0.25, 0.3) is 11.3 Å². The highest BCUT2D eigenvalue weighted by Crippen LogP contribution is 2.60. The highest BCUT2D eigenvalue weighted by molar-refractivity contribution is 5.83. The van der Waals surface area contributed by atoms with Gasteiger partial charge in [-0.3, -0.25) is 9.89 Å². The van der Waals surface area contributed by atoms with Gasteiger partial charge in [0.15, 0.2) is 0 Å². The monoisotopic (exact) mass is 377 g/mol. The van der Waals surface area contributed by atoms with Gasteiger partial charge in [0.1, 0.15) is 0 Å². The fraction of sp³-hybridized carbons (Fsp3) is 0.583. The van der Waals surface area contributed by atoms with E-state index in [1.54, 1.807) is 0 Å². The number of aromatic amines is 1. The van der Waals surface area contributed by atoms with Crippen LogP contribution in [0.15, 0.2) is 36.4 Å². The number of rotatable bonds is 6. The summed E-state index contributed by atoms with van der Waals surface area (Å²) in [5.74, 6) is 2.90. The molecule has 4 heteroatoms. The van der Waals surface area contributed by atoms with Crippen LogP contribution in [0.5, 0.6) is 0 Å². The third kappa shape index (κ3) is 3.27. The van der Waals surface area contributed by atoms with Gasteiger partial charge in [0.05, 0.1) is 11.1 Å². The van der Waals surface area contributed by atoms with Crippen LogP contribution in [0, 0.1) is 23.2 Å². The summed E-state index contributed by atoms with van der Waals surface area (Å²) in [4.78, 5) is 15.4. The molecule has 1 aromatic carbocycles. The van der Waals surface area contributed by atoms with Gasteiger partial charge in [-0.2, -0.15) is 5.10 Å². The van der Waals surface area contributed by atoms with Crippen molar-refractivity contribution in [2.24, 2.45) is 23.2 Å². The first-order valence-corrected chi connectivity index (χ1v) is 11.0. The normalized spacial score (nSPS) is 30.5. The maximum Gasteiger partial charge on any atom is 0.228 e. The molecule has 6 rings (SSSR count). The lowest BCUT2D eigenvalue weighted by atomic mass is 9.49. The zero-order valence-corrected chi connectivity index (χ0v) is 16.9. The maximum absolute atomic E-state index is 13.3. The van der Waals surface area contributed by atoms with Crippen LogP contribution >= 0.6 is 0 Å². The molecule has 0 spiro atoms. The molecule has 4 fully saturated rings. The zero-order chi connectivity index (χ0) is 19.1. The van der Waals surface area contributed by atoms with Gasteiger partial charge in [0, 0.05) is 24.8 Å². The molecule has 4 bridgehead atoms. The fourth-order valence-corrected chi connectivity index (χ4v) is 6.63. The predicted molar refractivity (Wildman–Crippen MR) is 111 cm³/mol. The topological polar surface area (TPSA) is 49.0 Å². The quantitative estimate of drug-likeness (QED) is 0.794. The number of hydrogen-bond acceptors (Lipinski definition) is 2. The number of carbonyl (C=O) groups excluding carboxylic acids is 1. The molecule has 2 aromatic rings. The van der Waals surface area contributed by atoms with E-state index in [1.165, 1.54) is 19.3 Å². The Morgan fingerprint density at radius 1 is 1.11 bits per heavy atom. The van der Waals surface area contributed by atoms with Crippen LogP contribution < -0.4 is 0 Å². The molecule has 28 heavy (non-hydrogen) atoms. The molecule has 1 heterocycles. The van der Waals surface area contributed by atoms with Crippen molar-refractivity contribution in [1.82, 2.24) is 15.1 Å². The summed E-state index contributed by atoms with van der Waals surface area (Å²) >= 11 is 0. The molecular weight excluding hydrogens is 346 g/mol. The van der Waals surface area contributed by atoms with Gasteiger partial charge in [-0.15, -0.1) is 0 Å². The second kappa shape index (κ2) is 7.06. The predicted octanol–water partition coefficient (Wildman–Crippen LogP) is 4.68. The summed E-state index contributed by atoms with van der Waals surface area (Å²) in [6.45, 7) is 0.834. The molecule has 148 valence electrons. The number of aromatic nitrogens is 2. The Morgan fingerprint density at radius 2 is 1.75 bits per heavy atom. The number of nitrogens with one attached hydrogen (secondary N) is 1. The van der Waals surface area contributed by atoms with E-state index < -0.39 is 0 Å². The van der Waals surface area contributed by atoms with Crippen molar-refractivity contribution >= 4 is 5.91 Å². The molecule has 4 nitrogen and oxygen atoms in total. The lowest BCUT2D eigenvalue weighted by Gasteiger charge is -2.56. The van der Waals surface area contributed by atoms with Crippen LogP contribution in [-0.2, 0) is 11.2 Å². The molecule has 0 saturated heterocycles. The Bertz CT molecular complexity index is 805. The highest BCUT2D eigenvalue weighted by Gasteiger charge is 2.55. The number of amides is 1. The van der Waals surface area contributed by atoms with Crippen molar-refractivity contribution in [2.45, 2.75) is 51.4 Å². The minimum atomic E-state index is -0.0159. The molecule has 1 N–H and O–H groups in total. The molecule has 0 radical (unpaired) electrons.